The number of thiophene rings is 1. The molecule has 2 aromatic heterocycles. The highest BCUT2D eigenvalue weighted by atomic mass is 32.1. The zero-order valence-corrected chi connectivity index (χ0v) is 35.1. The van der Waals surface area contributed by atoms with Gasteiger partial charge >= 0.3 is 0 Å². The summed E-state index contributed by atoms with van der Waals surface area (Å²) in [6.07, 6.45) is 0. The van der Waals surface area contributed by atoms with Crippen molar-refractivity contribution >= 4 is 103 Å². The Morgan fingerprint density at radius 2 is 0.825 bits per heavy atom. The van der Waals surface area contributed by atoms with E-state index in [1.54, 1.807) is 0 Å². The molecule has 63 heavy (non-hydrogen) atoms. The third kappa shape index (κ3) is 5.71. The van der Waals surface area contributed by atoms with E-state index in [2.05, 4.69) is 240 Å². The van der Waals surface area contributed by atoms with Gasteiger partial charge in [0.15, 0.2) is 0 Å². The van der Waals surface area contributed by atoms with Crippen molar-refractivity contribution in [3.63, 3.8) is 0 Å². The van der Waals surface area contributed by atoms with Gasteiger partial charge in [-0.25, -0.2) is 0 Å². The molecule has 0 aliphatic rings. The van der Waals surface area contributed by atoms with Crippen molar-refractivity contribution in [2.45, 2.75) is 0 Å². The van der Waals surface area contributed by atoms with E-state index in [-0.39, 0.29) is 0 Å². The van der Waals surface area contributed by atoms with Gasteiger partial charge in [0.05, 0.1) is 11.0 Å². The number of para-hydroxylation sites is 2. The quantitative estimate of drug-likeness (QED) is 0.152. The molecule has 2 heterocycles. The van der Waals surface area contributed by atoms with Crippen LogP contribution in [-0.4, -0.2) is 4.57 Å². The minimum Gasteiger partial charge on any atom is -0.310 e. The van der Waals surface area contributed by atoms with Crippen molar-refractivity contribution in [3.8, 4) is 27.9 Å². The predicted molar refractivity (Wildman–Crippen MR) is 272 cm³/mol. The van der Waals surface area contributed by atoms with E-state index in [0.29, 0.717) is 0 Å². The first-order chi connectivity index (χ1) is 31.2. The first kappa shape index (κ1) is 35.7. The van der Waals surface area contributed by atoms with E-state index in [0.717, 1.165) is 17.1 Å². The molecule has 2 nitrogen and oxygen atoms in total. The molecule has 0 aliphatic heterocycles. The lowest BCUT2D eigenvalue weighted by Crippen LogP contribution is -2.10. The van der Waals surface area contributed by atoms with Crippen LogP contribution in [0.15, 0.2) is 231 Å². The van der Waals surface area contributed by atoms with Gasteiger partial charge in [0.25, 0.3) is 0 Å². The zero-order chi connectivity index (χ0) is 41.4. The molecule has 13 aromatic rings. The molecule has 0 atom stereocenters. The van der Waals surface area contributed by atoms with Crippen molar-refractivity contribution in [2.75, 3.05) is 4.90 Å². The summed E-state index contributed by atoms with van der Waals surface area (Å²) in [4.78, 5) is 2.41. The van der Waals surface area contributed by atoms with Crippen LogP contribution in [0.25, 0.3) is 102 Å². The fourth-order valence-electron chi connectivity index (χ4n) is 10.1. The van der Waals surface area contributed by atoms with Gasteiger partial charge in [-0.15, -0.1) is 11.3 Å². The molecule has 0 saturated carbocycles. The molecule has 13 rings (SSSR count). The fraction of sp³-hybridized carbons (Fsp3) is 0. The highest BCUT2D eigenvalue weighted by Crippen LogP contribution is 2.44. The second kappa shape index (κ2) is 14.3. The van der Waals surface area contributed by atoms with Gasteiger partial charge in [-0.2, -0.15) is 0 Å². The van der Waals surface area contributed by atoms with Crippen molar-refractivity contribution in [1.29, 1.82) is 0 Å². The number of aromatic nitrogens is 1. The number of hydrogen-bond donors (Lipinski definition) is 0. The Labute approximate surface area is 368 Å². The van der Waals surface area contributed by atoms with Crippen molar-refractivity contribution in [2.24, 2.45) is 0 Å². The smallest absolute Gasteiger partial charge is 0.0541 e. The van der Waals surface area contributed by atoms with Gasteiger partial charge < -0.3 is 9.47 Å². The number of benzene rings is 11. The monoisotopic (exact) mass is 818 g/mol. The SMILES string of the molecule is c1ccc(-n2c3ccccc3c3cc(-c4ccc(N(c5ccc(-c6cccc7c6sc6ccccc67)cc5)c5ccc6c7ccccc7c7ccccc7c6c5)cc4)ccc32)cc1. The third-order valence-corrected chi connectivity index (χ3v) is 14.2. The van der Waals surface area contributed by atoms with E-state index in [4.69, 9.17) is 0 Å². The number of hydrogen-bond acceptors (Lipinski definition) is 2. The van der Waals surface area contributed by atoms with E-state index in [1.165, 1.54) is 102 Å². The van der Waals surface area contributed by atoms with Crippen molar-refractivity contribution in [1.82, 2.24) is 4.57 Å². The summed E-state index contributed by atoms with van der Waals surface area (Å²) in [6.45, 7) is 0. The van der Waals surface area contributed by atoms with Crippen molar-refractivity contribution < 1.29 is 0 Å². The standard InChI is InChI=1S/C60H38N2S/c1-2-13-42(14-3-1)62-57-23-10-8-19-52(57)56-37-41(29-36-58(56)62)39-25-30-43(31-26-39)61(45-34-35-51-49-17-5-4-15-47(49)48-16-6-7-18-50(48)55(51)38-45)44-32-27-40(28-33-44)46-21-12-22-54-53-20-9-11-24-59(53)63-60(46)54/h1-38H. The van der Waals surface area contributed by atoms with Crippen LogP contribution in [-0.2, 0) is 0 Å². The van der Waals surface area contributed by atoms with Gasteiger partial charge in [0.1, 0.15) is 0 Å². The second-order valence-electron chi connectivity index (χ2n) is 16.5. The molecule has 0 bridgehead atoms. The summed E-state index contributed by atoms with van der Waals surface area (Å²) in [5.74, 6) is 0. The molecule has 0 spiro atoms. The Balaban J connectivity index is 0.950. The average Bonchev–Trinajstić information content (AvgIpc) is 3.91. The highest BCUT2D eigenvalue weighted by molar-refractivity contribution is 7.26. The lowest BCUT2D eigenvalue weighted by Gasteiger charge is -2.27. The van der Waals surface area contributed by atoms with Gasteiger partial charge in [-0.05, 0) is 127 Å². The molecular formula is C60H38N2S. The van der Waals surface area contributed by atoms with E-state index in [9.17, 15) is 0 Å². The minimum atomic E-state index is 1.10. The van der Waals surface area contributed by atoms with Gasteiger partial charge in [0, 0.05) is 53.7 Å². The molecule has 0 N–H and O–H groups in total. The molecule has 0 radical (unpaired) electrons. The summed E-state index contributed by atoms with van der Waals surface area (Å²) in [7, 11) is 0. The molecule has 0 unspecified atom stereocenters. The molecule has 0 aliphatic carbocycles. The van der Waals surface area contributed by atoms with E-state index >= 15 is 0 Å². The number of nitrogens with zero attached hydrogens (tertiary/aromatic N) is 2. The summed E-state index contributed by atoms with van der Waals surface area (Å²) >= 11 is 1.88. The Morgan fingerprint density at radius 1 is 0.302 bits per heavy atom. The highest BCUT2D eigenvalue weighted by Gasteiger charge is 2.18. The van der Waals surface area contributed by atoms with Crippen LogP contribution < -0.4 is 4.90 Å². The first-order valence-corrected chi connectivity index (χ1v) is 22.4. The lowest BCUT2D eigenvalue weighted by molar-refractivity contribution is 1.18. The predicted octanol–water partition coefficient (Wildman–Crippen LogP) is 17.4. The maximum atomic E-state index is 2.41. The molecule has 0 saturated heterocycles. The Kier molecular flexibility index (Phi) is 8.12. The maximum Gasteiger partial charge on any atom is 0.0541 e. The molecular weight excluding hydrogens is 781 g/mol. The molecule has 11 aromatic carbocycles. The fourth-order valence-corrected chi connectivity index (χ4v) is 11.3. The van der Waals surface area contributed by atoms with Crippen LogP contribution >= 0.6 is 11.3 Å². The normalized spacial score (nSPS) is 11.8. The summed E-state index contributed by atoms with van der Waals surface area (Å²) < 4.78 is 5.02. The zero-order valence-electron chi connectivity index (χ0n) is 34.2. The molecule has 3 heteroatoms. The van der Waals surface area contributed by atoms with Crippen LogP contribution in [0.2, 0.25) is 0 Å². The van der Waals surface area contributed by atoms with Gasteiger partial charge in [-0.1, -0.05) is 158 Å². The number of rotatable bonds is 6. The van der Waals surface area contributed by atoms with Crippen LogP contribution in [0.4, 0.5) is 17.1 Å². The van der Waals surface area contributed by atoms with Crippen molar-refractivity contribution in [3.05, 3.63) is 231 Å². The first-order valence-electron chi connectivity index (χ1n) is 21.6. The van der Waals surface area contributed by atoms with E-state index in [1.807, 2.05) is 11.3 Å². The Hall–Kier alpha value is -7.98. The van der Waals surface area contributed by atoms with Crippen LogP contribution in [0, 0.1) is 0 Å². The molecule has 294 valence electrons. The lowest BCUT2D eigenvalue weighted by atomic mass is 9.94. The maximum absolute atomic E-state index is 2.41. The topological polar surface area (TPSA) is 8.17 Å². The summed E-state index contributed by atoms with van der Waals surface area (Å²) in [5, 5.41) is 12.8. The number of fused-ring (bicyclic) bond motifs is 12. The van der Waals surface area contributed by atoms with Gasteiger partial charge in [0.2, 0.25) is 0 Å². The Bertz CT molecular complexity index is 3860. The number of anilines is 3. The Morgan fingerprint density at radius 3 is 1.54 bits per heavy atom. The van der Waals surface area contributed by atoms with E-state index < -0.39 is 0 Å². The second-order valence-corrected chi connectivity index (χ2v) is 17.5. The molecule has 0 amide bonds. The summed E-state index contributed by atoms with van der Waals surface area (Å²) in [6, 6.07) is 84.7. The van der Waals surface area contributed by atoms with Crippen LogP contribution in [0.1, 0.15) is 0 Å². The summed E-state index contributed by atoms with van der Waals surface area (Å²) in [5.41, 5.74) is 11.8. The molecule has 0 fully saturated rings. The van der Waals surface area contributed by atoms with Crippen LogP contribution in [0.5, 0.6) is 0 Å². The van der Waals surface area contributed by atoms with Crippen LogP contribution in [0.3, 0.4) is 0 Å². The average molecular weight is 819 g/mol. The van der Waals surface area contributed by atoms with Gasteiger partial charge in [-0.3, -0.25) is 0 Å². The largest absolute Gasteiger partial charge is 0.310 e. The third-order valence-electron chi connectivity index (χ3n) is 13.0. The minimum absolute atomic E-state index is 1.10.